The van der Waals surface area contributed by atoms with E-state index in [1.54, 1.807) is 0 Å². The third kappa shape index (κ3) is 4.33. The third-order valence-electron chi connectivity index (χ3n) is 3.55. The Bertz CT molecular complexity index is 169. The maximum atomic E-state index is 3.59. The number of nitrogens with zero attached hydrogens (tertiary/aromatic N) is 1. The van der Waals surface area contributed by atoms with Crippen LogP contribution in [0.3, 0.4) is 0 Å². The van der Waals surface area contributed by atoms with Crippen LogP contribution in [0, 0.1) is 0 Å². The minimum atomic E-state index is 0.652. The van der Waals surface area contributed by atoms with Crippen molar-refractivity contribution in [3.8, 4) is 0 Å². The first-order valence-electron chi connectivity index (χ1n) is 6.18. The van der Waals surface area contributed by atoms with Crippen molar-refractivity contribution < 1.29 is 0 Å². The molecule has 1 saturated heterocycles. The summed E-state index contributed by atoms with van der Waals surface area (Å²) in [4.78, 5) is 2.55. The highest BCUT2D eigenvalue weighted by Gasteiger charge is 2.23. The predicted molar refractivity (Wildman–Crippen MR) is 70.7 cm³/mol. The van der Waals surface area contributed by atoms with E-state index in [1.807, 2.05) is 0 Å². The van der Waals surface area contributed by atoms with Crippen LogP contribution in [-0.2, 0) is 0 Å². The molecule has 2 nitrogen and oxygen atoms in total. The number of rotatable bonds is 6. The molecule has 1 fully saturated rings. The fourth-order valence-electron chi connectivity index (χ4n) is 1.86. The van der Waals surface area contributed by atoms with Gasteiger partial charge in [0.05, 0.1) is 0 Å². The molecule has 3 heteroatoms. The Kier molecular flexibility index (Phi) is 6.02. The van der Waals surface area contributed by atoms with Crippen molar-refractivity contribution in [1.82, 2.24) is 10.2 Å². The van der Waals surface area contributed by atoms with Crippen LogP contribution in [0.25, 0.3) is 0 Å². The van der Waals surface area contributed by atoms with E-state index < -0.39 is 0 Å². The zero-order valence-corrected chi connectivity index (χ0v) is 11.4. The highest BCUT2D eigenvalue weighted by atomic mass is 32.2. The molecular weight excluding hydrogens is 204 g/mol. The summed E-state index contributed by atoms with van der Waals surface area (Å²) in [5.74, 6) is 2.67. The molecule has 0 bridgehead atoms. The molecule has 0 amide bonds. The van der Waals surface area contributed by atoms with Crippen molar-refractivity contribution >= 4 is 11.8 Å². The average Bonchev–Trinajstić information content (AvgIpc) is 2.77. The summed E-state index contributed by atoms with van der Waals surface area (Å²) in [6.07, 6.45) is 2.59. The van der Waals surface area contributed by atoms with Crippen molar-refractivity contribution in [3.05, 3.63) is 0 Å². The first-order chi connectivity index (χ1) is 7.15. The van der Waals surface area contributed by atoms with Crippen molar-refractivity contribution in [2.75, 3.05) is 25.1 Å². The largest absolute Gasteiger partial charge is 0.313 e. The Morgan fingerprint density at radius 3 is 2.73 bits per heavy atom. The Morgan fingerprint density at radius 1 is 1.47 bits per heavy atom. The molecule has 90 valence electrons. The Hall–Kier alpha value is 0.270. The fourth-order valence-corrected chi connectivity index (χ4v) is 3.14. The van der Waals surface area contributed by atoms with Crippen LogP contribution in [0.15, 0.2) is 0 Å². The monoisotopic (exact) mass is 230 g/mol. The van der Waals surface area contributed by atoms with Gasteiger partial charge in [-0.3, -0.25) is 4.90 Å². The highest BCUT2D eigenvalue weighted by molar-refractivity contribution is 7.99. The summed E-state index contributed by atoms with van der Waals surface area (Å²) in [6, 6.07) is 2.12. The van der Waals surface area contributed by atoms with Gasteiger partial charge in [-0.1, -0.05) is 6.92 Å². The van der Waals surface area contributed by atoms with Gasteiger partial charge >= 0.3 is 0 Å². The van der Waals surface area contributed by atoms with E-state index in [0.717, 1.165) is 12.6 Å². The molecule has 1 aliphatic heterocycles. The van der Waals surface area contributed by atoms with Gasteiger partial charge < -0.3 is 5.32 Å². The smallest absolute Gasteiger partial charge is 0.0194 e. The van der Waals surface area contributed by atoms with E-state index in [9.17, 15) is 0 Å². The molecule has 0 spiro atoms. The summed E-state index contributed by atoms with van der Waals surface area (Å²) in [7, 11) is 2.28. The summed E-state index contributed by atoms with van der Waals surface area (Å²) < 4.78 is 0. The third-order valence-corrected chi connectivity index (χ3v) is 4.70. The summed E-state index contributed by atoms with van der Waals surface area (Å²) in [5, 5.41) is 3.59. The second-order valence-corrected chi connectivity index (χ2v) is 5.90. The van der Waals surface area contributed by atoms with Crippen LogP contribution < -0.4 is 5.32 Å². The summed E-state index contributed by atoms with van der Waals surface area (Å²) >= 11 is 2.09. The lowest BCUT2D eigenvalue weighted by molar-refractivity contribution is 0.192. The number of hydrogen-bond acceptors (Lipinski definition) is 3. The van der Waals surface area contributed by atoms with Crippen LogP contribution in [-0.4, -0.2) is 48.1 Å². The molecule has 1 heterocycles. The van der Waals surface area contributed by atoms with Gasteiger partial charge in [-0.05, 0) is 39.5 Å². The molecule has 0 aromatic heterocycles. The van der Waals surface area contributed by atoms with Gasteiger partial charge in [0, 0.05) is 30.4 Å². The van der Waals surface area contributed by atoms with E-state index in [1.165, 1.54) is 24.3 Å². The van der Waals surface area contributed by atoms with Crippen LogP contribution in [0.5, 0.6) is 0 Å². The van der Waals surface area contributed by atoms with Gasteiger partial charge in [-0.15, -0.1) is 0 Å². The molecule has 1 N–H and O–H groups in total. The quantitative estimate of drug-likeness (QED) is 0.753. The molecule has 0 aromatic carbocycles. The first kappa shape index (κ1) is 13.3. The lowest BCUT2D eigenvalue weighted by atomic mass is 10.1. The van der Waals surface area contributed by atoms with Crippen molar-refractivity contribution in [1.29, 1.82) is 0 Å². The summed E-state index contributed by atoms with van der Waals surface area (Å²) in [6.45, 7) is 7.95. The van der Waals surface area contributed by atoms with E-state index in [-0.39, 0.29) is 0 Å². The van der Waals surface area contributed by atoms with Gasteiger partial charge in [-0.25, -0.2) is 0 Å². The minimum absolute atomic E-state index is 0.652. The number of thioether (sulfide) groups is 1. The Labute approximate surface area is 99.2 Å². The van der Waals surface area contributed by atoms with Gasteiger partial charge in [0.15, 0.2) is 0 Å². The van der Waals surface area contributed by atoms with Crippen LogP contribution >= 0.6 is 11.8 Å². The second kappa shape index (κ2) is 6.77. The van der Waals surface area contributed by atoms with Crippen molar-refractivity contribution in [3.63, 3.8) is 0 Å². The number of hydrogen-bond donors (Lipinski definition) is 1. The second-order valence-electron chi connectivity index (χ2n) is 4.75. The van der Waals surface area contributed by atoms with Gasteiger partial charge in [0.1, 0.15) is 0 Å². The van der Waals surface area contributed by atoms with Crippen LogP contribution in [0.4, 0.5) is 0 Å². The van der Waals surface area contributed by atoms with E-state index in [0.29, 0.717) is 12.1 Å². The number of likely N-dealkylation sites (N-methyl/N-ethyl adjacent to an activating group) is 1. The molecule has 3 atom stereocenters. The topological polar surface area (TPSA) is 15.3 Å². The molecule has 0 saturated carbocycles. The standard InChI is InChI=1S/C12H26N2S/c1-5-10(2)13-8-11(3)14(4)12-6-7-15-9-12/h10-13H,5-9H2,1-4H3. The molecule has 0 aliphatic carbocycles. The maximum Gasteiger partial charge on any atom is 0.0194 e. The molecular formula is C12H26N2S. The SMILES string of the molecule is CCC(C)NCC(C)N(C)C1CCSC1. The summed E-state index contributed by atoms with van der Waals surface area (Å²) in [5.41, 5.74) is 0. The normalized spacial score (nSPS) is 25.8. The van der Waals surface area contributed by atoms with E-state index in [4.69, 9.17) is 0 Å². The molecule has 0 aromatic rings. The highest BCUT2D eigenvalue weighted by Crippen LogP contribution is 2.22. The maximum absolute atomic E-state index is 3.59. The first-order valence-corrected chi connectivity index (χ1v) is 7.33. The van der Waals surface area contributed by atoms with Gasteiger partial charge in [0.2, 0.25) is 0 Å². The zero-order valence-electron chi connectivity index (χ0n) is 10.6. The van der Waals surface area contributed by atoms with Crippen molar-refractivity contribution in [2.45, 2.75) is 51.7 Å². The van der Waals surface area contributed by atoms with Gasteiger partial charge in [0.25, 0.3) is 0 Å². The van der Waals surface area contributed by atoms with E-state index >= 15 is 0 Å². The molecule has 3 unspecified atom stereocenters. The van der Waals surface area contributed by atoms with Crippen LogP contribution in [0.2, 0.25) is 0 Å². The molecule has 1 aliphatic rings. The van der Waals surface area contributed by atoms with Crippen molar-refractivity contribution in [2.24, 2.45) is 0 Å². The molecule has 0 radical (unpaired) electrons. The molecule has 15 heavy (non-hydrogen) atoms. The predicted octanol–water partition coefficient (Wildman–Crippen LogP) is 2.20. The van der Waals surface area contributed by atoms with Gasteiger partial charge in [-0.2, -0.15) is 11.8 Å². The Balaban J connectivity index is 2.22. The zero-order chi connectivity index (χ0) is 11.3. The Morgan fingerprint density at radius 2 is 2.20 bits per heavy atom. The fraction of sp³-hybridized carbons (Fsp3) is 1.00. The number of nitrogens with one attached hydrogen (secondary N) is 1. The average molecular weight is 230 g/mol. The van der Waals surface area contributed by atoms with E-state index in [2.05, 4.69) is 49.8 Å². The lowest BCUT2D eigenvalue weighted by Gasteiger charge is -2.31. The lowest BCUT2D eigenvalue weighted by Crippen LogP contribution is -2.45. The minimum Gasteiger partial charge on any atom is -0.313 e. The molecule has 1 rings (SSSR count). The van der Waals surface area contributed by atoms with Crippen LogP contribution in [0.1, 0.15) is 33.6 Å².